The topological polar surface area (TPSA) is 9.23 Å². The second-order valence-electron chi connectivity index (χ2n) is 3.08. The van der Waals surface area contributed by atoms with Crippen molar-refractivity contribution in [2.24, 2.45) is 0 Å². The Morgan fingerprint density at radius 3 is 3.00 bits per heavy atom. The molecule has 0 unspecified atom stereocenters. The molecule has 1 heterocycles. The number of para-hydroxylation sites is 1. The predicted octanol–water partition coefficient (Wildman–Crippen LogP) is 2.57. The maximum Gasteiger partial charge on any atom is 0.122 e. The van der Waals surface area contributed by atoms with Crippen LogP contribution in [0.3, 0.4) is 0 Å². The second kappa shape index (κ2) is 2.57. The zero-order valence-electron chi connectivity index (χ0n) is 6.71. The lowest BCUT2D eigenvalue weighted by Gasteiger charge is -2.22. The van der Waals surface area contributed by atoms with E-state index in [-0.39, 0.29) is 0 Å². The summed E-state index contributed by atoms with van der Waals surface area (Å²) in [7, 11) is 0. The quantitative estimate of drug-likeness (QED) is 0.549. The van der Waals surface area contributed by atoms with Gasteiger partial charge in [-0.05, 0) is 24.0 Å². The summed E-state index contributed by atoms with van der Waals surface area (Å²) in [6, 6.07) is 8.30. The van der Waals surface area contributed by atoms with Crippen molar-refractivity contribution in [1.82, 2.24) is 0 Å². The van der Waals surface area contributed by atoms with Gasteiger partial charge >= 0.3 is 0 Å². The van der Waals surface area contributed by atoms with Crippen molar-refractivity contribution in [3.8, 4) is 5.75 Å². The molecule has 0 fully saturated rings. The second-order valence-corrected chi connectivity index (χ2v) is 3.08. The van der Waals surface area contributed by atoms with E-state index in [0.717, 1.165) is 18.8 Å². The fourth-order valence-electron chi connectivity index (χ4n) is 1.52. The molecule has 1 aromatic rings. The third-order valence-corrected chi connectivity index (χ3v) is 2.26. The normalized spacial score (nSPS) is 22.1. The van der Waals surface area contributed by atoms with Crippen molar-refractivity contribution < 1.29 is 4.74 Å². The van der Waals surface area contributed by atoms with Gasteiger partial charge in [0, 0.05) is 0 Å². The molecule has 1 atom stereocenters. The van der Waals surface area contributed by atoms with Crippen molar-refractivity contribution >= 4 is 0 Å². The molecule has 0 saturated heterocycles. The van der Waals surface area contributed by atoms with Crippen LogP contribution in [0, 0.1) is 0 Å². The molecule has 0 spiro atoms. The summed E-state index contributed by atoms with van der Waals surface area (Å²) in [5.74, 6) is 1.74. The summed E-state index contributed by atoms with van der Waals surface area (Å²) in [6.07, 6.45) is 1.15. The molecule has 0 bridgehead atoms. The number of hydrogen-bond acceptors (Lipinski definition) is 1. The number of benzene rings is 1. The number of ether oxygens (including phenoxy) is 1. The lowest BCUT2D eigenvalue weighted by molar-refractivity contribution is 0.272. The van der Waals surface area contributed by atoms with Gasteiger partial charge in [0.15, 0.2) is 0 Å². The first-order valence-corrected chi connectivity index (χ1v) is 4.09. The van der Waals surface area contributed by atoms with Gasteiger partial charge in [-0.3, -0.25) is 0 Å². The Hall–Kier alpha value is -0.980. The van der Waals surface area contributed by atoms with Gasteiger partial charge in [-0.15, -0.1) is 0 Å². The minimum atomic E-state index is 0.667. The lowest BCUT2D eigenvalue weighted by Crippen LogP contribution is -2.11. The van der Waals surface area contributed by atoms with Crippen molar-refractivity contribution in [3.63, 3.8) is 0 Å². The van der Waals surface area contributed by atoms with Crippen LogP contribution < -0.4 is 4.74 Å². The fraction of sp³-hybridized carbons (Fsp3) is 0.400. The lowest BCUT2D eigenvalue weighted by atomic mass is 9.95. The van der Waals surface area contributed by atoms with Crippen LogP contribution in [0.1, 0.15) is 24.8 Å². The zero-order valence-corrected chi connectivity index (χ0v) is 6.71. The van der Waals surface area contributed by atoms with Gasteiger partial charge in [0.1, 0.15) is 5.75 Å². The molecular weight excluding hydrogens is 136 g/mol. The number of rotatable bonds is 0. The molecule has 0 amide bonds. The highest BCUT2D eigenvalue weighted by atomic mass is 16.5. The first-order chi connectivity index (χ1) is 5.38. The van der Waals surface area contributed by atoms with Gasteiger partial charge in [-0.2, -0.15) is 0 Å². The maximum absolute atomic E-state index is 5.49. The Morgan fingerprint density at radius 1 is 1.36 bits per heavy atom. The summed E-state index contributed by atoms with van der Waals surface area (Å²) in [4.78, 5) is 0. The molecule has 1 nitrogen and oxygen atoms in total. The van der Waals surface area contributed by atoms with Crippen LogP contribution in [0.5, 0.6) is 5.75 Å². The van der Waals surface area contributed by atoms with Gasteiger partial charge in [0.2, 0.25) is 0 Å². The first kappa shape index (κ1) is 6.71. The molecule has 1 aromatic carbocycles. The summed E-state index contributed by atoms with van der Waals surface area (Å²) in [5.41, 5.74) is 1.36. The van der Waals surface area contributed by atoms with Crippen LogP contribution in [0.25, 0.3) is 0 Å². The summed E-state index contributed by atoms with van der Waals surface area (Å²) in [6.45, 7) is 3.12. The van der Waals surface area contributed by atoms with E-state index in [1.165, 1.54) is 5.56 Å². The van der Waals surface area contributed by atoms with E-state index in [4.69, 9.17) is 4.74 Å². The Labute approximate surface area is 67.0 Å². The van der Waals surface area contributed by atoms with Gasteiger partial charge in [0.05, 0.1) is 6.61 Å². The Bertz CT molecular complexity index is 255. The van der Waals surface area contributed by atoms with E-state index >= 15 is 0 Å². The van der Waals surface area contributed by atoms with Crippen LogP contribution >= 0.6 is 0 Å². The zero-order chi connectivity index (χ0) is 7.68. The van der Waals surface area contributed by atoms with E-state index in [1.54, 1.807) is 0 Å². The highest BCUT2D eigenvalue weighted by Gasteiger charge is 2.15. The van der Waals surface area contributed by atoms with Crippen molar-refractivity contribution in [3.05, 3.63) is 29.8 Å². The van der Waals surface area contributed by atoms with E-state index in [0.29, 0.717) is 5.92 Å². The predicted molar refractivity (Wildman–Crippen MR) is 45.0 cm³/mol. The van der Waals surface area contributed by atoms with Crippen molar-refractivity contribution in [1.29, 1.82) is 0 Å². The van der Waals surface area contributed by atoms with Gasteiger partial charge in [0.25, 0.3) is 0 Å². The molecule has 1 aliphatic rings. The Morgan fingerprint density at radius 2 is 2.18 bits per heavy atom. The number of hydrogen-bond donors (Lipinski definition) is 0. The molecule has 0 aromatic heterocycles. The average molecular weight is 148 g/mol. The highest BCUT2D eigenvalue weighted by Crippen LogP contribution is 2.32. The van der Waals surface area contributed by atoms with E-state index in [9.17, 15) is 0 Å². The standard InChI is InChI=1S/C10H12O/c1-8-6-7-11-10-5-3-2-4-9(8)10/h2-5,8H,6-7H2,1H3/t8-/m1/s1. The molecule has 0 radical (unpaired) electrons. The first-order valence-electron chi connectivity index (χ1n) is 4.09. The smallest absolute Gasteiger partial charge is 0.122 e. The van der Waals surface area contributed by atoms with Crippen LogP contribution in [0.4, 0.5) is 0 Å². The van der Waals surface area contributed by atoms with E-state index < -0.39 is 0 Å². The van der Waals surface area contributed by atoms with Crippen LogP contribution in [-0.2, 0) is 0 Å². The Balaban J connectivity index is 2.44. The minimum absolute atomic E-state index is 0.667. The fourth-order valence-corrected chi connectivity index (χ4v) is 1.52. The van der Waals surface area contributed by atoms with E-state index in [1.807, 2.05) is 12.1 Å². The molecule has 58 valence electrons. The summed E-state index contributed by atoms with van der Waals surface area (Å²) >= 11 is 0. The van der Waals surface area contributed by atoms with Gasteiger partial charge in [-0.25, -0.2) is 0 Å². The van der Waals surface area contributed by atoms with Crippen LogP contribution in [0.2, 0.25) is 0 Å². The maximum atomic E-state index is 5.49. The molecule has 1 aliphatic heterocycles. The molecule has 2 rings (SSSR count). The highest BCUT2D eigenvalue weighted by molar-refractivity contribution is 5.37. The molecule has 1 heteroatoms. The molecule has 11 heavy (non-hydrogen) atoms. The van der Waals surface area contributed by atoms with Crippen LogP contribution in [-0.4, -0.2) is 6.61 Å². The van der Waals surface area contributed by atoms with Crippen molar-refractivity contribution in [2.45, 2.75) is 19.3 Å². The van der Waals surface area contributed by atoms with E-state index in [2.05, 4.69) is 19.1 Å². The Kier molecular flexibility index (Phi) is 1.57. The summed E-state index contributed by atoms with van der Waals surface area (Å²) in [5, 5.41) is 0. The largest absolute Gasteiger partial charge is 0.493 e. The molecular formula is C10H12O. The van der Waals surface area contributed by atoms with Crippen molar-refractivity contribution in [2.75, 3.05) is 6.61 Å². The van der Waals surface area contributed by atoms with Gasteiger partial charge < -0.3 is 4.74 Å². The minimum Gasteiger partial charge on any atom is -0.493 e. The SMILES string of the molecule is C[C@@H]1CCOc2ccccc21. The van der Waals surface area contributed by atoms with Gasteiger partial charge in [-0.1, -0.05) is 25.1 Å². The molecule has 0 N–H and O–H groups in total. The third kappa shape index (κ3) is 1.11. The average Bonchev–Trinajstić information content (AvgIpc) is 2.06. The third-order valence-electron chi connectivity index (χ3n) is 2.26. The molecule has 0 saturated carbocycles. The number of fused-ring (bicyclic) bond motifs is 1. The monoisotopic (exact) mass is 148 g/mol. The van der Waals surface area contributed by atoms with Crippen LogP contribution in [0.15, 0.2) is 24.3 Å². The molecule has 0 aliphatic carbocycles. The summed E-state index contributed by atoms with van der Waals surface area (Å²) < 4.78 is 5.49.